The van der Waals surface area contributed by atoms with Gasteiger partial charge in [0.15, 0.2) is 0 Å². The number of benzene rings is 1. The van der Waals surface area contributed by atoms with Crippen LogP contribution in [-0.4, -0.2) is 26.4 Å². The summed E-state index contributed by atoms with van der Waals surface area (Å²) in [6.45, 7) is 5.35. The average molecular weight is 284 g/mol. The van der Waals surface area contributed by atoms with Crippen molar-refractivity contribution in [3.8, 4) is 0 Å². The van der Waals surface area contributed by atoms with E-state index in [9.17, 15) is 13.2 Å². The Morgan fingerprint density at radius 1 is 1.21 bits per heavy atom. The summed E-state index contributed by atoms with van der Waals surface area (Å²) < 4.78 is 26.4. The number of sulfonamides is 1. The third-order valence-corrected chi connectivity index (χ3v) is 4.34. The Labute approximate surface area is 114 Å². The van der Waals surface area contributed by atoms with Gasteiger partial charge in [-0.1, -0.05) is 25.1 Å². The number of rotatable bonds is 6. The lowest BCUT2D eigenvalue weighted by molar-refractivity contribution is -0.122. The van der Waals surface area contributed by atoms with E-state index in [0.717, 1.165) is 6.42 Å². The number of nitrogens with one attached hydrogen (secondary N) is 2. The Balaban J connectivity index is 2.71. The number of carbonyl (C=O) groups excluding carboxylic acids is 1. The average Bonchev–Trinajstić information content (AvgIpc) is 2.39. The highest BCUT2D eigenvalue weighted by atomic mass is 32.2. The molecule has 2 unspecified atom stereocenters. The van der Waals surface area contributed by atoms with Crippen LogP contribution < -0.4 is 10.0 Å². The summed E-state index contributed by atoms with van der Waals surface area (Å²) >= 11 is 0. The fourth-order valence-corrected chi connectivity index (χ4v) is 2.65. The molecular formula is C13H20N2O3S. The molecule has 0 bridgehead atoms. The summed E-state index contributed by atoms with van der Waals surface area (Å²) in [6, 6.07) is 7.20. The van der Waals surface area contributed by atoms with Crippen molar-refractivity contribution in [1.29, 1.82) is 0 Å². The van der Waals surface area contributed by atoms with Crippen LogP contribution in [-0.2, 0) is 14.8 Å². The van der Waals surface area contributed by atoms with Gasteiger partial charge < -0.3 is 5.32 Å². The molecule has 0 saturated heterocycles. The van der Waals surface area contributed by atoms with Gasteiger partial charge in [-0.2, -0.15) is 4.72 Å². The van der Waals surface area contributed by atoms with E-state index in [1.807, 2.05) is 13.8 Å². The fourth-order valence-electron chi connectivity index (χ4n) is 1.42. The summed E-state index contributed by atoms with van der Waals surface area (Å²) in [5, 5.41) is 2.74. The maximum Gasteiger partial charge on any atom is 0.241 e. The summed E-state index contributed by atoms with van der Waals surface area (Å²) in [5.41, 5.74) is 0. The van der Waals surface area contributed by atoms with Crippen molar-refractivity contribution in [1.82, 2.24) is 10.0 Å². The largest absolute Gasteiger partial charge is 0.352 e. The fraction of sp³-hybridized carbons (Fsp3) is 0.462. The molecule has 0 radical (unpaired) electrons. The van der Waals surface area contributed by atoms with Crippen molar-refractivity contribution in [3.63, 3.8) is 0 Å². The lowest BCUT2D eigenvalue weighted by atomic mass is 10.2. The molecular weight excluding hydrogens is 264 g/mol. The van der Waals surface area contributed by atoms with Gasteiger partial charge in [0.25, 0.3) is 0 Å². The van der Waals surface area contributed by atoms with E-state index in [1.54, 1.807) is 18.2 Å². The zero-order valence-electron chi connectivity index (χ0n) is 11.4. The molecule has 1 amide bonds. The van der Waals surface area contributed by atoms with Crippen molar-refractivity contribution >= 4 is 15.9 Å². The predicted octanol–water partition coefficient (Wildman–Crippen LogP) is 1.27. The molecule has 0 spiro atoms. The minimum absolute atomic E-state index is 0.0242. The Bertz CT molecular complexity index is 514. The van der Waals surface area contributed by atoms with E-state index in [0.29, 0.717) is 0 Å². The molecule has 19 heavy (non-hydrogen) atoms. The highest BCUT2D eigenvalue weighted by Crippen LogP contribution is 2.08. The van der Waals surface area contributed by atoms with Crippen LogP contribution in [0.1, 0.15) is 27.2 Å². The Morgan fingerprint density at radius 2 is 1.79 bits per heavy atom. The van der Waals surface area contributed by atoms with Gasteiger partial charge in [0, 0.05) is 6.04 Å². The van der Waals surface area contributed by atoms with E-state index >= 15 is 0 Å². The summed E-state index contributed by atoms with van der Waals surface area (Å²) in [5.74, 6) is -0.325. The number of hydrogen-bond donors (Lipinski definition) is 2. The van der Waals surface area contributed by atoms with Crippen molar-refractivity contribution in [2.75, 3.05) is 0 Å². The zero-order chi connectivity index (χ0) is 14.5. The molecule has 0 aromatic heterocycles. The first-order valence-electron chi connectivity index (χ1n) is 6.24. The molecule has 6 heteroatoms. The molecule has 1 aromatic rings. The van der Waals surface area contributed by atoms with Crippen LogP contribution in [0.15, 0.2) is 35.2 Å². The maximum atomic E-state index is 12.0. The molecule has 0 aliphatic carbocycles. The van der Waals surface area contributed by atoms with Crippen LogP contribution in [0.25, 0.3) is 0 Å². The first-order chi connectivity index (χ1) is 8.86. The van der Waals surface area contributed by atoms with E-state index < -0.39 is 16.1 Å². The first kappa shape index (κ1) is 15.7. The van der Waals surface area contributed by atoms with Gasteiger partial charge in [-0.15, -0.1) is 0 Å². The number of amides is 1. The zero-order valence-corrected chi connectivity index (χ0v) is 12.2. The summed E-state index contributed by atoms with van der Waals surface area (Å²) in [6.07, 6.45) is 0.796. The van der Waals surface area contributed by atoms with E-state index in [1.165, 1.54) is 19.1 Å². The minimum Gasteiger partial charge on any atom is -0.352 e. The molecule has 5 nitrogen and oxygen atoms in total. The van der Waals surface area contributed by atoms with Gasteiger partial charge in [0.1, 0.15) is 0 Å². The molecule has 0 aliphatic heterocycles. The molecule has 0 fully saturated rings. The number of hydrogen-bond acceptors (Lipinski definition) is 3. The van der Waals surface area contributed by atoms with Crippen LogP contribution in [0.5, 0.6) is 0 Å². The second-order valence-electron chi connectivity index (χ2n) is 4.47. The second kappa shape index (κ2) is 6.68. The highest BCUT2D eigenvalue weighted by molar-refractivity contribution is 7.89. The Hall–Kier alpha value is -1.40. The van der Waals surface area contributed by atoms with Gasteiger partial charge in [0.05, 0.1) is 10.9 Å². The highest BCUT2D eigenvalue weighted by Gasteiger charge is 2.22. The van der Waals surface area contributed by atoms with Gasteiger partial charge >= 0.3 is 0 Å². The summed E-state index contributed by atoms with van der Waals surface area (Å²) in [7, 11) is -3.66. The minimum atomic E-state index is -3.66. The van der Waals surface area contributed by atoms with Gasteiger partial charge in [-0.25, -0.2) is 8.42 Å². The van der Waals surface area contributed by atoms with Crippen molar-refractivity contribution < 1.29 is 13.2 Å². The smallest absolute Gasteiger partial charge is 0.241 e. The van der Waals surface area contributed by atoms with E-state index in [4.69, 9.17) is 0 Å². The van der Waals surface area contributed by atoms with Crippen molar-refractivity contribution in [3.05, 3.63) is 30.3 Å². The van der Waals surface area contributed by atoms with Gasteiger partial charge in [-0.3, -0.25) is 4.79 Å². The van der Waals surface area contributed by atoms with Gasteiger partial charge in [0.2, 0.25) is 15.9 Å². The van der Waals surface area contributed by atoms with E-state index in [-0.39, 0.29) is 16.8 Å². The molecule has 0 heterocycles. The quantitative estimate of drug-likeness (QED) is 0.826. The molecule has 1 aromatic carbocycles. The van der Waals surface area contributed by atoms with E-state index in [2.05, 4.69) is 10.0 Å². The first-order valence-corrected chi connectivity index (χ1v) is 7.73. The third kappa shape index (κ3) is 4.65. The topological polar surface area (TPSA) is 75.3 Å². The maximum absolute atomic E-state index is 12.0. The third-order valence-electron chi connectivity index (χ3n) is 2.78. The lowest BCUT2D eigenvalue weighted by Gasteiger charge is -2.17. The number of carbonyl (C=O) groups is 1. The molecule has 106 valence electrons. The second-order valence-corrected chi connectivity index (χ2v) is 6.19. The molecule has 2 atom stereocenters. The van der Waals surface area contributed by atoms with Crippen molar-refractivity contribution in [2.24, 2.45) is 0 Å². The SMILES string of the molecule is CCC(C)NC(=O)C(C)NS(=O)(=O)c1ccccc1. The van der Waals surface area contributed by atoms with Crippen LogP contribution >= 0.6 is 0 Å². The van der Waals surface area contributed by atoms with Gasteiger partial charge in [-0.05, 0) is 32.4 Å². The van der Waals surface area contributed by atoms with Crippen LogP contribution in [0, 0.1) is 0 Å². The standard InChI is InChI=1S/C13H20N2O3S/c1-4-10(2)14-13(16)11(3)15-19(17,18)12-8-6-5-7-9-12/h5-11,15H,4H2,1-3H3,(H,14,16). The normalized spacial score (nSPS) is 14.7. The molecule has 0 aliphatic rings. The van der Waals surface area contributed by atoms with Crippen molar-refractivity contribution in [2.45, 2.75) is 44.2 Å². The molecule has 1 rings (SSSR count). The lowest BCUT2D eigenvalue weighted by Crippen LogP contribution is -2.47. The summed E-state index contributed by atoms with van der Waals surface area (Å²) in [4.78, 5) is 11.9. The monoisotopic (exact) mass is 284 g/mol. The Morgan fingerprint density at radius 3 is 2.32 bits per heavy atom. The Kier molecular flexibility index (Phi) is 5.50. The van der Waals surface area contributed by atoms with Crippen LogP contribution in [0.4, 0.5) is 0 Å². The van der Waals surface area contributed by atoms with Crippen LogP contribution in [0.3, 0.4) is 0 Å². The predicted molar refractivity (Wildman–Crippen MR) is 74.1 cm³/mol. The molecule has 2 N–H and O–H groups in total. The molecule has 0 saturated carbocycles. The van der Waals surface area contributed by atoms with Crippen LogP contribution in [0.2, 0.25) is 0 Å².